The van der Waals surface area contributed by atoms with E-state index in [1.54, 1.807) is 16.8 Å². The second-order valence-corrected chi connectivity index (χ2v) is 6.58. The summed E-state index contributed by atoms with van der Waals surface area (Å²) in [4.78, 5) is 12.5. The third kappa shape index (κ3) is 3.50. The largest absolute Gasteiger partial charge is 0.487 e. The monoisotopic (exact) mass is 333 g/mol. The van der Waals surface area contributed by atoms with E-state index in [-0.39, 0.29) is 23.8 Å². The van der Waals surface area contributed by atoms with Gasteiger partial charge in [-0.25, -0.2) is 0 Å². The number of aryl methyl sites for hydroxylation is 1. The summed E-state index contributed by atoms with van der Waals surface area (Å²) in [6.07, 6.45) is 4.61. The van der Waals surface area contributed by atoms with E-state index >= 15 is 0 Å². The molecule has 1 aliphatic carbocycles. The Hall–Kier alpha value is -2.01. The van der Waals surface area contributed by atoms with Crippen LogP contribution in [0.1, 0.15) is 31.7 Å². The molecular weight excluding hydrogens is 314 g/mol. The molecule has 2 unspecified atom stereocenters. The van der Waals surface area contributed by atoms with Gasteiger partial charge in [-0.3, -0.25) is 9.48 Å². The molecule has 0 aliphatic heterocycles. The van der Waals surface area contributed by atoms with Crippen LogP contribution in [0.4, 0.5) is 5.69 Å². The summed E-state index contributed by atoms with van der Waals surface area (Å²) in [5.74, 6) is 0.744. The standard InChI is InChI=1S/C17H20ClN3O2/c1-10(2)23-16-14(18)5-4-6-15(16)20-17(22)13-7-12(13)11-8-19-21(3)9-11/h4-6,8-10,12-13H,7H2,1-3H3,(H,20,22). The minimum Gasteiger partial charge on any atom is -0.487 e. The van der Waals surface area contributed by atoms with Crippen molar-refractivity contribution in [1.29, 1.82) is 0 Å². The number of carbonyl (C=O) groups excluding carboxylic acids is 1. The molecule has 1 aromatic heterocycles. The van der Waals surface area contributed by atoms with Crippen molar-refractivity contribution in [2.24, 2.45) is 13.0 Å². The SMILES string of the molecule is CC(C)Oc1c(Cl)cccc1NC(=O)C1CC1c1cnn(C)c1. The lowest BCUT2D eigenvalue weighted by atomic mass is 10.2. The Morgan fingerprint density at radius 2 is 2.26 bits per heavy atom. The van der Waals surface area contributed by atoms with Gasteiger partial charge in [-0.2, -0.15) is 5.10 Å². The minimum absolute atomic E-state index is 0.00488. The highest BCUT2D eigenvalue weighted by Gasteiger charge is 2.44. The van der Waals surface area contributed by atoms with Crippen LogP contribution in [0.15, 0.2) is 30.6 Å². The Morgan fingerprint density at radius 3 is 2.91 bits per heavy atom. The number of para-hydroxylation sites is 1. The molecule has 1 heterocycles. The molecule has 23 heavy (non-hydrogen) atoms. The zero-order chi connectivity index (χ0) is 16.6. The zero-order valence-electron chi connectivity index (χ0n) is 13.4. The van der Waals surface area contributed by atoms with Crippen LogP contribution in [0.5, 0.6) is 5.75 Å². The average Bonchev–Trinajstić information content (AvgIpc) is 3.17. The van der Waals surface area contributed by atoms with Crippen molar-refractivity contribution in [2.45, 2.75) is 32.3 Å². The van der Waals surface area contributed by atoms with Crippen LogP contribution in [0, 0.1) is 5.92 Å². The Bertz CT molecular complexity index is 726. The molecule has 2 atom stereocenters. The highest BCUT2D eigenvalue weighted by Crippen LogP contribution is 2.48. The van der Waals surface area contributed by atoms with E-state index in [1.165, 1.54) is 0 Å². The highest BCUT2D eigenvalue weighted by molar-refractivity contribution is 6.32. The van der Waals surface area contributed by atoms with Gasteiger partial charge >= 0.3 is 0 Å². The van der Waals surface area contributed by atoms with E-state index in [0.29, 0.717) is 16.5 Å². The number of ether oxygens (including phenoxy) is 1. The number of anilines is 1. The predicted octanol–water partition coefficient (Wildman–Crippen LogP) is 3.60. The van der Waals surface area contributed by atoms with Gasteiger partial charge in [0.05, 0.1) is 23.0 Å². The first kappa shape index (κ1) is 15.9. The van der Waals surface area contributed by atoms with Crippen LogP contribution >= 0.6 is 11.6 Å². The summed E-state index contributed by atoms with van der Waals surface area (Å²) >= 11 is 6.19. The van der Waals surface area contributed by atoms with Crippen molar-refractivity contribution in [3.05, 3.63) is 41.2 Å². The van der Waals surface area contributed by atoms with Gasteiger partial charge in [0.2, 0.25) is 5.91 Å². The van der Waals surface area contributed by atoms with Crippen molar-refractivity contribution < 1.29 is 9.53 Å². The van der Waals surface area contributed by atoms with E-state index in [0.717, 1.165) is 12.0 Å². The molecule has 5 nitrogen and oxygen atoms in total. The van der Waals surface area contributed by atoms with Gasteiger partial charge in [0.25, 0.3) is 0 Å². The molecule has 6 heteroatoms. The van der Waals surface area contributed by atoms with Crippen LogP contribution in [-0.2, 0) is 11.8 Å². The smallest absolute Gasteiger partial charge is 0.228 e. The molecule has 0 spiro atoms. The molecule has 0 radical (unpaired) electrons. The average molecular weight is 334 g/mol. The second kappa shape index (κ2) is 6.24. The third-order valence-electron chi connectivity index (χ3n) is 3.86. The minimum atomic E-state index is -0.0231. The number of hydrogen-bond acceptors (Lipinski definition) is 3. The second-order valence-electron chi connectivity index (χ2n) is 6.17. The molecule has 1 saturated carbocycles. The normalized spacial score (nSPS) is 19.7. The van der Waals surface area contributed by atoms with Crippen molar-refractivity contribution in [2.75, 3.05) is 5.32 Å². The van der Waals surface area contributed by atoms with Gasteiger partial charge in [-0.1, -0.05) is 17.7 Å². The van der Waals surface area contributed by atoms with E-state index in [4.69, 9.17) is 16.3 Å². The summed E-state index contributed by atoms with van der Waals surface area (Å²) in [5, 5.41) is 7.61. The Labute approximate surface area is 140 Å². The Morgan fingerprint density at radius 1 is 1.48 bits per heavy atom. The number of aromatic nitrogens is 2. The third-order valence-corrected chi connectivity index (χ3v) is 4.16. The number of halogens is 1. The van der Waals surface area contributed by atoms with Crippen molar-refractivity contribution in [3.8, 4) is 5.75 Å². The number of nitrogens with zero attached hydrogens (tertiary/aromatic N) is 2. The predicted molar refractivity (Wildman–Crippen MR) is 89.9 cm³/mol. The van der Waals surface area contributed by atoms with Gasteiger partial charge < -0.3 is 10.1 Å². The lowest BCUT2D eigenvalue weighted by Gasteiger charge is -2.16. The summed E-state index contributed by atoms with van der Waals surface area (Å²) < 4.78 is 7.49. The van der Waals surface area contributed by atoms with Crippen LogP contribution in [0.25, 0.3) is 0 Å². The zero-order valence-corrected chi connectivity index (χ0v) is 14.2. The molecule has 3 rings (SSSR count). The van der Waals surface area contributed by atoms with Crippen LogP contribution < -0.4 is 10.1 Å². The van der Waals surface area contributed by atoms with Crippen LogP contribution in [0.3, 0.4) is 0 Å². The fraction of sp³-hybridized carbons (Fsp3) is 0.412. The fourth-order valence-corrected chi connectivity index (χ4v) is 2.89. The molecule has 1 fully saturated rings. The van der Waals surface area contributed by atoms with Crippen molar-refractivity contribution in [1.82, 2.24) is 9.78 Å². The van der Waals surface area contributed by atoms with Gasteiger partial charge in [0, 0.05) is 19.2 Å². The van der Waals surface area contributed by atoms with E-state index < -0.39 is 0 Å². The fourth-order valence-electron chi connectivity index (χ4n) is 2.67. The van der Waals surface area contributed by atoms with Crippen LogP contribution in [0.2, 0.25) is 5.02 Å². The summed E-state index contributed by atoms with van der Waals surface area (Å²) in [7, 11) is 1.88. The maximum atomic E-state index is 12.5. The molecular formula is C17H20ClN3O2. The maximum absolute atomic E-state index is 12.5. The molecule has 0 saturated heterocycles. The number of nitrogens with one attached hydrogen (secondary N) is 1. The topological polar surface area (TPSA) is 56.1 Å². The molecule has 1 N–H and O–H groups in total. The van der Waals surface area contributed by atoms with E-state index in [2.05, 4.69) is 10.4 Å². The first-order chi connectivity index (χ1) is 11.0. The molecule has 122 valence electrons. The maximum Gasteiger partial charge on any atom is 0.228 e. The molecule has 1 aliphatic rings. The highest BCUT2D eigenvalue weighted by atomic mass is 35.5. The van der Waals surface area contributed by atoms with Crippen molar-refractivity contribution >= 4 is 23.2 Å². The number of hydrogen-bond donors (Lipinski definition) is 1. The summed E-state index contributed by atoms with van der Waals surface area (Å²) in [6, 6.07) is 5.37. The lowest BCUT2D eigenvalue weighted by Crippen LogP contribution is -2.16. The van der Waals surface area contributed by atoms with Gasteiger partial charge in [-0.15, -0.1) is 0 Å². The van der Waals surface area contributed by atoms with Gasteiger partial charge in [0.1, 0.15) is 0 Å². The number of carbonyl (C=O) groups is 1. The van der Waals surface area contributed by atoms with Gasteiger partial charge in [0.15, 0.2) is 5.75 Å². The first-order valence-electron chi connectivity index (χ1n) is 7.70. The Kier molecular flexibility index (Phi) is 4.31. The summed E-state index contributed by atoms with van der Waals surface area (Å²) in [6.45, 7) is 3.85. The number of rotatable bonds is 5. The molecule has 0 bridgehead atoms. The number of amides is 1. The first-order valence-corrected chi connectivity index (χ1v) is 8.08. The van der Waals surface area contributed by atoms with E-state index in [9.17, 15) is 4.79 Å². The number of benzene rings is 1. The Balaban J connectivity index is 1.71. The lowest BCUT2D eigenvalue weighted by molar-refractivity contribution is -0.117. The van der Waals surface area contributed by atoms with E-state index in [1.807, 2.05) is 39.4 Å². The molecule has 1 aromatic carbocycles. The molecule has 2 aromatic rings. The quantitative estimate of drug-likeness (QED) is 0.909. The summed E-state index contributed by atoms with van der Waals surface area (Å²) in [5.41, 5.74) is 1.73. The van der Waals surface area contributed by atoms with Crippen LogP contribution in [-0.4, -0.2) is 21.8 Å². The van der Waals surface area contributed by atoms with Crippen molar-refractivity contribution in [3.63, 3.8) is 0 Å². The molecule has 1 amide bonds. The van der Waals surface area contributed by atoms with Gasteiger partial charge in [-0.05, 0) is 43.9 Å².